The third kappa shape index (κ3) is 10.4. The minimum atomic E-state index is -0.917. The van der Waals surface area contributed by atoms with Gasteiger partial charge < -0.3 is 30.5 Å². The Balaban J connectivity index is 1.77. The standard InChI is InChI=1S/C32H37N3O5/c1-39-30-17-15-29(16-18-30)34-32(38)35(21-6-5-20-33)23-28(24-40-22-19-31(36)37)27-13-11-26(12-14-27)10-9-25-7-3-2-4-8-25/h2-4,7-8,11-18,28H,5-6,19-24,33H2,1H3,(H,34,38)(H,36,37)/t28-/m1/s1. The van der Waals surface area contributed by atoms with E-state index in [0.29, 0.717) is 31.1 Å². The van der Waals surface area contributed by atoms with Gasteiger partial charge in [-0.3, -0.25) is 4.79 Å². The van der Waals surface area contributed by atoms with E-state index >= 15 is 0 Å². The maximum absolute atomic E-state index is 13.3. The van der Waals surface area contributed by atoms with Gasteiger partial charge in [-0.05, 0) is 73.5 Å². The van der Waals surface area contributed by atoms with Gasteiger partial charge in [0.1, 0.15) is 5.75 Å². The van der Waals surface area contributed by atoms with E-state index in [0.717, 1.165) is 29.5 Å². The highest BCUT2D eigenvalue weighted by Gasteiger charge is 2.21. The molecule has 0 heterocycles. The van der Waals surface area contributed by atoms with E-state index in [4.69, 9.17) is 20.3 Å². The first-order valence-corrected chi connectivity index (χ1v) is 13.3. The van der Waals surface area contributed by atoms with Gasteiger partial charge in [-0.2, -0.15) is 0 Å². The number of carboxylic acids is 1. The number of hydrogen-bond donors (Lipinski definition) is 3. The molecule has 40 heavy (non-hydrogen) atoms. The number of ether oxygens (including phenoxy) is 2. The molecule has 0 aliphatic rings. The summed E-state index contributed by atoms with van der Waals surface area (Å²) in [7, 11) is 1.59. The summed E-state index contributed by atoms with van der Waals surface area (Å²) < 4.78 is 10.9. The maximum atomic E-state index is 13.3. The lowest BCUT2D eigenvalue weighted by atomic mass is 9.97. The van der Waals surface area contributed by atoms with E-state index in [1.807, 2.05) is 54.6 Å². The van der Waals surface area contributed by atoms with Crippen molar-refractivity contribution < 1.29 is 24.2 Å². The molecule has 0 saturated carbocycles. The average molecular weight is 544 g/mol. The summed E-state index contributed by atoms with van der Waals surface area (Å²) in [6, 6.07) is 24.6. The molecule has 4 N–H and O–H groups in total. The highest BCUT2D eigenvalue weighted by atomic mass is 16.5. The number of hydrogen-bond acceptors (Lipinski definition) is 5. The van der Waals surface area contributed by atoms with Crippen LogP contribution in [0.15, 0.2) is 78.9 Å². The maximum Gasteiger partial charge on any atom is 0.321 e. The summed E-state index contributed by atoms with van der Waals surface area (Å²) in [6.07, 6.45) is 1.47. The van der Waals surface area contributed by atoms with E-state index in [1.165, 1.54) is 0 Å². The van der Waals surface area contributed by atoms with Crippen molar-refractivity contribution in [3.8, 4) is 17.6 Å². The molecular weight excluding hydrogens is 506 g/mol. The number of carboxylic acid groups (broad SMARTS) is 1. The van der Waals surface area contributed by atoms with Gasteiger partial charge in [0.15, 0.2) is 0 Å². The highest BCUT2D eigenvalue weighted by Crippen LogP contribution is 2.21. The fraction of sp³-hybridized carbons (Fsp3) is 0.312. The lowest BCUT2D eigenvalue weighted by molar-refractivity contribution is -0.138. The van der Waals surface area contributed by atoms with Crippen molar-refractivity contribution in [2.75, 3.05) is 45.3 Å². The summed E-state index contributed by atoms with van der Waals surface area (Å²) in [5.74, 6) is 5.95. The van der Waals surface area contributed by atoms with Crippen molar-refractivity contribution in [1.29, 1.82) is 0 Å². The zero-order valence-electron chi connectivity index (χ0n) is 22.8. The van der Waals surface area contributed by atoms with Crippen LogP contribution >= 0.6 is 0 Å². The number of methoxy groups -OCH3 is 1. The van der Waals surface area contributed by atoms with Crippen molar-refractivity contribution in [3.63, 3.8) is 0 Å². The molecule has 0 aromatic heterocycles. The van der Waals surface area contributed by atoms with Gasteiger partial charge in [0.2, 0.25) is 0 Å². The molecular formula is C32H37N3O5. The smallest absolute Gasteiger partial charge is 0.321 e. The van der Waals surface area contributed by atoms with Crippen LogP contribution < -0.4 is 15.8 Å². The molecule has 1 atom stereocenters. The molecule has 0 radical (unpaired) electrons. The second-order valence-electron chi connectivity index (χ2n) is 9.25. The summed E-state index contributed by atoms with van der Waals surface area (Å²) in [4.78, 5) is 26.1. The quantitative estimate of drug-likeness (QED) is 0.196. The molecule has 0 aliphatic carbocycles. The van der Waals surface area contributed by atoms with Crippen LogP contribution in [0.3, 0.4) is 0 Å². The Labute approximate surface area is 236 Å². The molecule has 0 fully saturated rings. The van der Waals surface area contributed by atoms with Crippen molar-refractivity contribution in [2.45, 2.75) is 25.2 Å². The number of rotatable bonds is 14. The number of nitrogens with two attached hydrogens (primary N) is 1. The second-order valence-corrected chi connectivity index (χ2v) is 9.25. The van der Waals surface area contributed by atoms with Gasteiger partial charge in [-0.15, -0.1) is 0 Å². The van der Waals surface area contributed by atoms with E-state index in [-0.39, 0.29) is 31.6 Å². The van der Waals surface area contributed by atoms with Crippen LogP contribution in [0.2, 0.25) is 0 Å². The number of nitrogens with one attached hydrogen (secondary N) is 1. The lowest BCUT2D eigenvalue weighted by Gasteiger charge is -2.28. The SMILES string of the molecule is COc1ccc(NC(=O)N(CCCCN)C[C@H](COCCC(=O)O)c2ccc(C#Cc3ccccc3)cc2)cc1. The molecule has 2 amide bonds. The number of urea groups is 1. The zero-order chi connectivity index (χ0) is 28.6. The summed E-state index contributed by atoms with van der Waals surface area (Å²) >= 11 is 0. The topological polar surface area (TPSA) is 114 Å². The van der Waals surface area contributed by atoms with Crippen LogP contribution in [0.1, 0.15) is 41.9 Å². The van der Waals surface area contributed by atoms with Gasteiger partial charge in [0.05, 0.1) is 26.7 Å². The molecule has 8 nitrogen and oxygen atoms in total. The van der Waals surface area contributed by atoms with Crippen LogP contribution in [0.25, 0.3) is 0 Å². The predicted molar refractivity (Wildman–Crippen MR) is 157 cm³/mol. The van der Waals surface area contributed by atoms with E-state index in [2.05, 4.69) is 17.2 Å². The largest absolute Gasteiger partial charge is 0.497 e. The number of anilines is 1. The Morgan fingerprint density at radius 1 is 0.950 bits per heavy atom. The van der Waals surface area contributed by atoms with Gasteiger partial charge >= 0.3 is 12.0 Å². The Morgan fingerprint density at radius 2 is 1.62 bits per heavy atom. The summed E-state index contributed by atoms with van der Waals surface area (Å²) in [5, 5.41) is 12.0. The minimum Gasteiger partial charge on any atom is -0.497 e. The number of aliphatic carboxylic acids is 1. The van der Waals surface area contributed by atoms with Crippen molar-refractivity contribution in [2.24, 2.45) is 5.73 Å². The van der Waals surface area contributed by atoms with Gasteiger partial charge in [0, 0.05) is 35.8 Å². The lowest BCUT2D eigenvalue weighted by Crippen LogP contribution is -2.39. The first-order valence-electron chi connectivity index (χ1n) is 13.3. The highest BCUT2D eigenvalue weighted by molar-refractivity contribution is 5.89. The van der Waals surface area contributed by atoms with Crippen LogP contribution in [-0.2, 0) is 9.53 Å². The van der Waals surface area contributed by atoms with E-state index in [9.17, 15) is 9.59 Å². The van der Waals surface area contributed by atoms with Crippen molar-refractivity contribution >= 4 is 17.7 Å². The number of amides is 2. The Bertz CT molecular complexity index is 1250. The first-order chi connectivity index (χ1) is 19.5. The average Bonchev–Trinajstić information content (AvgIpc) is 2.98. The summed E-state index contributed by atoms with van der Waals surface area (Å²) in [6.45, 7) is 1.81. The molecule has 0 aliphatic heterocycles. The van der Waals surface area contributed by atoms with Gasteiger partial charge in [0.25, 0.3) is 0 Å². The summed E-state index contributed by atoms with van der Waals surface area (Å²) in [5.41, 5.74) is 9.14. The fourth-order valence-electron chi connectivity index (χ4n) is 4.01. The Kier molecular flexibility index (Phi) is 12.5. The molecule has 210 valence electrons. The normalized spacial score (nSPS) is 11.2. The molecule has 3 aromatic rings. The third-order valence-corrected chi connectivity index (χ3v) is 6.24. The number of unbranched alkanes of at least 4 members (excludes halogenated alkanes) is 1. The molecule has 0 bridgehead atoms. The molecule has 0 spiro atoms. The number of carbonyl (C=O) groups is 2. The van der Waals surface area contributed by atoms with Crippen LogP contribution in [0, 0.1) is 11.8 Å². The monoisotopic (exact) mass is 543 g/mol. The Hall–Kier alpha value is -4.32. The number of carbonyl (C=O) groups excluding carboxylic acids is 1. The first kappa shape index (κ1) is 30.2. The molecule has 0 saturated heterocycles. The van der Waals surface area contributed by atoms with Crippen LogP contribution in [0.5, 0.6) is 5.75 Å². The number of nitrogens with zero attached hydrogens (tertiary/aromatic N) is 1. The fourth-order valence-corrected chi connectivity index (χ4v) is 4.01. The zero-order valence-corrected chi connectivity index (χ0v) is 22.8. The van der Waals surface area contributed by atoms with E-state index in [1.54, 1.807) is 36.3 Å². The van der Waals surface area contributed by atoms with Crippen molar-refractivity contribution in [3.05, 3.63) is 95.6 Å². The second kappa shape index (κ2) is 16.6. The van der Waals surface area contributed by atoms with Gasteiger partial charge in [-0.1, -0.05) is 42.2 Å². The third-order valence-electron chi connectivity index (χ3n) is 6.24. The van der Waals surface area contributed by atoms with Crippen molar-refractivity contribution in [1.82, 2.24) is 4.90 Å². The number of benzene rings is 3. The minimum absolute atomic E-state index is 0.0844. The van der Waals surface area contributed by atoms with E-state index < -0.39 is 5.97 Å². The Morgan fingerprint density at radius 3 is 2.25 bits per heavy atom. The molecule has 8 heteroatoms. The molecule has 3 aromatic carbocycles. The molecule has 3 rings (SSSR count). The van der Waals surface area contributed by atoms with Gasteiger partial charge in [-0.25, -0.2) is 4.79 Å². The van der Waals surface area contributed by atoms with Crippen LogP contribution in [-0.4, -0.2) is 62.0 Å². The van der Waals surface area contributed by atoms with Crippen LogP contribution in [0.4, 0.5) is 10.5 Å². The predicted octanol–water partition coefficient (Wildman–Crippen LogP) is 4.94. The molecule has 0 unspecified atom stereocenters.